The lowest BCUT2D eigenvalue weighted by molar-refractivity contribution is 0.603. The van der Waals surface area contributed by atoms with Gasteiger partial charge < -0.3 is 0 Å². The van der Waals surface area contributed by atoms with Crippen molar-refractivity contribution in [3.63, 3.8) is 0 Å². The van der Waals surface area contributed by atoms with Gasteiger partial charge in [0.25, 0.3) is 0 Å². The molecule has 0 aliphatic heterocycles. The zero-order valence-corrected chi connectivity index (χ0v) is 11.1. The van der Waals surface area contributed by atoms with Crippen molar-refractivity contribution >= 4 is 15.9 Å². The van der Waals surface area contributed by atoms with E-state index in [-0.39, 0.29) is 4.90 Å². The van der Waals surface area contributed by atoms with Crippen molar-refractivity contribution in [1.82, 2.24) is 0 Å². The molecule has 0 bridgehead atoms. The maximum Gasteiger partial charge on any atom is 0.216 e. The van der Waals surface area contributed by atoms with Gasteiger partial charge in [0.15, 0.2) is 0 Å². The number of hydrogen-bond donors (Lipinski definition) is 0. The van der Waals surface area contributed by atoms with Crippen LogP contribution in [0.25, 0.3) is 6.08 Å². The minimum atomic E-state index is -3.88. The largest absolute Gasteiger partial charge is 0.218 e. The monoisotopic (exact) mass is 287 g/mol. The van der Waals surface area contributed by atoms with E-state index in [0.717, 1.165) is 12.1 Å². The Labute approximate surface area is 116 Å². The molecule has 0 aliphatic carbocycles. The molecule has 0 unspecified atom stereocenters. The standard InChI is InChI=1S/C15H10FNO2S/c16-13-6-4-5-12(9-13)10-15(11-17)20(18,19)14-7-2-1-3-8-14/h1-10H. The summed E-state index contributed by atoms with van der Waals surface area (Å²) in [7, 11) is -3.88. The van der Waals surface area contributed by atoms with Gasteiger partial charge in [-0.05, 0) is 35.9 Å². The average molecular weight is 287 g/mol. The number of nitrogens with zero attached hydrogens (tertiary/aromatic N) is 1. The number of rotatable bonds is 3. The van der Waals surface area contributed by atoms with Crippen LogP contribution in [0.15, 0.2) is 64.4 Å². The van der Waals surface area contributed by atoms with Gasteiger partial charge in [0.05, 0.1) is 4.90 Å². The molecule has 5 heteroatoms. The van der Waals surface area contributed by atoms with Gasteiger partial charge in [0.1, 0.15) is 16.8 Å². The summed E-state index contributed by atoms with van der Waals surface area (Å²) in [5.74, 6) is -0.492. The Morgan fingerprint density at radius 3 is 2.40 bits per heavy atom. The molecule has 3 nitrogen and oxygen atoms in total. The minimum absolute atomic E-state index is 0.0317. The molecule has 0 saturated carbocycles. The van der Waals surface area contributed by atoms with Crippen LogP contribution in [0.5, 0.6) is 0 Å². The van der Waals surface area contributed by atoms with Crippen LogP contribution in [0.4, 0.5) is 4.39 Å². The van der Waals surface area contributed by atoms with Gasteiger partial charge in [-0.1, -0.05) is 30.3 Å². The maximum absolute atomic E-state index is 13.1. The molecule has 20 heavy (non-hydrogen) atoms. The quantitative estimate of drug-likeness (QED) is 0.815. The highest BCUT2D eigenvalue weighted by Crippen LogP contribution is 2.21. The number of allylic oxidation sites excluding steroid dienone is 1. The molecule has 0 atom stereocenters. The summed E-state index contributed by atoms with van der Waals surface area (Å²) >= 11 is 0. The molecule has 0 amide bonds. The molecule has 2 aromatic rings. The summed E-state index contributed by atoms with van der Waals surface area (Å²) in [5.41, 5.74) is 0.320. The van der Waals surface area contributed by atoms with Crippen LogP contribution in [0, 0.1) is 17.1 Å². The molecule has 0 aliphatic rings. The number of hydrogen-bond acceptors (Lipinski definition) is 3. The van der Waals surface area contributed by atoms with E-state index in [2.05, 4.69) is 0 Å². The molecule has 0 radical (unpaired) electrons. The van der Waals surface area contributed by atoms with Crippen molar-refractivity contribution in [1.29, 1.82) is 5.26 Å². The second-order valence-corrected chi connectivity index (χ2v) is 5.91. The third-order valence-electron chi connectivity index (χ3n) is 2.60. The SMILES string of the molecule is N#CC(=Cc1cccc(F)c1)S(=O)(=O)c1ccccc1. The second kappa shape index (κ2) is 5.68. The molecular formula is C15H10FNO2S. The van der Waals surface area contributed by atoms with Gasteiger partial charge >= 0.3 is 0 Å². The van der Waals surface area contributed by atoms with E-state index in [0.29, 0.717) is 5.56 Å². The van der Waals surface area contributed by atoms with Gasteiger partial charge in [-0.15, -0.1) is 0 Å². The van der Waals surface area contributed by atoms with Crippen molar-refractivity contribution in [2.75, 3.05) is 0 Å². The molecule has 0 saturated heterocycles. The zero-order valence-electron chi connectivity index (χ0n) is 10.3. The van der Waals surface area contributed by atoms with E-state index in [1.165, 1.54) is 30.3 Å². The highest BCUT2D eigenvalue weighted by Gasteiger charge is 2.20. The lowest BCUT2D eigenvalue weighted by atomic mass is 10.2. The summed E-state index contributed by atoms with van der Waals surface area (Å²) < 4.78 is 37.6. The summed E-state index contributed by atoms with van der Waals surface area (Å²) in [6.07, 6.45) is 1.16. The lowest BCUT2D eigenvalue weighted by Crippen LogP contribution is -2.03. The zero-order chi connectivity index (χ0) is 14.6. The van der Waals surface area contributed by atoms with Crippen molar-refractivity contribution in [2.24, 2.45) is 0 Å². The van der Waals surface area contributed by atoms with Crippen molar-refractivity contribution < 1.29 is 12.8 Å². The highest BCUT2D eigenvalue weighted by atomic mass is 32.2. The Hall–Kier alpha value is -2.45. The third-order valence-corrected chi connectivity index (χ3v) is 4.28. The molecule has 100 valence electrons. The minimum Gasteiger partial charge on any atom is -0.218 e. The van der Waals surface area contributed by atoms with E-state index >= 15 is 0 Å². The second-order valence-electron chi connectivity index (χ2n) is 3.99. The normalized spacial score (nSPS) is 11.9. The van der Waals surface area contributed by atoms with Gasteiger partial charge in [0.2, 0.25) is 9.84 Å². The van der Waals surface area contributed by atoms with E-state index in [9.17, 15) is 12.8 Å². The fraction of sp³-hybridized carbons (Fsp3) is 0. The Bertz CT molecular complexity index is 790. The van der Waals surface area contributed by atoms with Crippen LogP contribution >= 0.6 is 0 Å². The van der Waals surface area contributed by atoms with Crippen LogP contribution in [0.1, 0.15) is 5.56 Å². The van der Waals surface area contributed by atoms with Crippen molar-refractivity contribution in [2.45, 2.75) is 4.90 Å². The molecule has 0 aromatic heterocycles. The lowest BCUT2D eigenvalue weighted by Gasteiger charge is -2.02. The number of nitriles is 1. The van der Waals surface area contributed by atoms with Crippen LogP contribution < -0.4 is 0 Å². The van der Waals surface area contributed by atoms with Crippen LogP contribution in [0.2, 0.25) is 0 Å². The summed E-state index contributed by atoms with van der Waals surface area (Å²) in [5, 5.41) is 9.06. The molecule has 0 fully saturated rings. The predicted molar refractivity (Wildman–Crippen MR) is 73.6 cm³/mol. The van der Waals surface area contributed by atoms with E-state index in [1.54, 1.807) is 24.3 Å². The first-order chi connectivity index (χ1) is 9.54. The van der Waals surface area contributed by atoms with E-state index in [1.807, 2.05) is 0 Å². The van der Waals surface area contributed by atoms with Gasteiger partial charge in [-0.3, -0.25) is 0 Å². The molecular weight excluding hydrogens is 277 g/mol. The van der Waals surface area contributed by atoms with E-state index in [4.69, 9.17) is 5.26 Å². The first-order valence-corrected chi connectivity index (χ1v) is 7.20. The van der Waals surface area contributed by atoms with Gasteiger partial charge in [0, 0.05) is 0 Å². The Kier molecular flexibility index (Phi) is 3.97. The van der Waals surface area contributed by atoms with Crippen LogP contribution in [0.3, 0.4) is 0 Å². The fourth-order valence-electron chi connectivity index (χ4n) is 1.64. The van der Waals surface area contributed by atoms with E-state index < -0.39 is 20.6 Å². The summed E-state index contributed by atoms with van der Waals surface area (Å²) in [6, 6.07) is 14.7. The molecule has 2 rings (SSSR count). The molecule has 2 aromatic carbocycles. The average Bonchev–Trinajstić information content (AvgIpc) is 2.45. The molecule has 0 N–H and O–H groups in total. The summed E-state index contributed by atoms with van der Waals surface area (Å²) in [4.78, 5) is -0.390. The molecule has 0 spiro atoms. The van der Waals surface area contributed by atoms with Crippen LogP contribution in [-0.2, 0) is 9.84 Å². The molecule has 0 heterocycles. The number of benzene rings is 2. The first-order valence-electron chi connectivity index (χ1n) is 5.71. The smallest absolute Gasteiger partial charge is 0.216 e. The first kappa shape index (κ1) is 14.0. The van der Waals surface area contributed by atoms with Crippen molar-refractivity contribution in [3.8, 4) is 6.07 Å². The maximum atomic E-state index is 13.1. The number of halogens is 1. The Morgan fingerprint density at radius 1 is 1.10 bits per heavy atom. The fourth-order valence-corrected chi connectivity index (χ4v) is 2.83. The van der Waals surface area contributed by atoms with Crippen molar-refractivity contribution in [3.05, 3.63) is 70.9 Å². The topological polar surface area (TPSA) is 57.9 Å². The Balaban J connectivity index is 2.51. The predicted octanol–water partition coefficient (Wildman–Crippen LogP) is 3.16. The number of sulfone groups is 1. The summed E-state index contributed by atoms with van der Waals surface area (Å²) in [6.45, 7) is 0. The third kappa shape index (κ3) is 2.92. The Morgan fingerprint density at radius 2 is 1.80 bits per heavy atom. The highest BCUT2D eigenvalue weighted by molar-refractivity contribution is 7.95. The van der Waals surface area contributed by atoms with Gasteiger partial charge in [-0.25, -0.2) is 12.8 Å². The van der Waals surface area contributed by atoms with Gasteiger partial charge in [-0.2, -0.15) is 5.26 Å². The van der Waals surface area contributed by atoms with Crippen LogP contribution in [-0.4, -0.2) is 8.42 Å².